The third kappa shape index (κ3) is 4.28. The van der Waals surface area contributed by atoms with Crippen molar-refractivity contribution in [3.63, 3.8) is 0 Å². The Kier molecular flexibility index (Phi) is 6.72. The van der Waals surface area contributed by atoms with Crippen LogP contribution in [0.25, 0.3) is 0 Å². The number of rotatable bonds is 1. The number of nitrogens with zero attached hydrogens (tertiary/aromatic N) is 2. The molecule has 0 radical (unpaired) electrons. The smallest absolute Gasteiger partial charge is 0.161 e. The first-order chi connectivity index (χ1) is 6.34. The van der Waals surface area contributed by atoms with Crippen LogP contribution in [0.1, 0.15) is 6.92 Å². The lowest BCUT2D eigenvalue weighted by Gasteiger charge is -2.04. The van der Waals surface area contributed by atoms with Crippen molar-refractivity contribution < 1.29 is 0 Å². The average molecular weight is 266 g/mol. The molecule has 1 atom stereocenters. The Bertz CT molecular complexity index is 318. The molecule has 1 unspecified atom stereocenters. The minimum Gasteiger partial charge on any atom is -0.334 e. The van der Waals surface area contributed by atoms with E-state index >= 15 is 0 Å². The minimum absolute atomic E-state index is 0. The summed E-state index contributed by atoms with van der Waals surface area (Å²) in [5.74, 6) is 0. The summed E-state index contributed by atoms with van der Waals surface area (Å²) in [6.07, 6.45) is 3.56. The van der Waals surface area contributed by atoms with Gasteiger partial charge in [-0.15, -0.1) is 24.8 Å². The highest BCUT2D eigenvalue weighted by atomic mass is 35.5. The van der Waals surface area contributed by atoms with E-state index in [0.717, 1.165) is 17.4 Å². The van der Waals surface area contributed by atoms with Crippen molar-refractivity contribution in [3.05, 3.63) is 24.5 Å². The van der Waals surface area contributed by atoms with Crippen molar-refractivity contribution in [1.82, 2.24) is 4.98 Å². The van der Waals surface area contributed by atoms with Crippen LogP contribution in [-0.4, -0.2) is 21.9 Å². The molecule has 3 nitrogen and oxygen atoms in total. The number of hydrogen-bond acceptors (Lipinski definition) is 4. The van der Waals surface area contributed by atoms with Crippen LogP contribution in [-0.2, 0) is 0 Å². The third-order valence-electron chi connectivity index (χ3n) is 1.72. The van der Waals surface area contributed by atoms with Gasteiger partial charge in [0.05, 0.1) is 18.4 Å². The second kappa shape index (κ2) is 6.93. The van der Waals surface area contributed by atoms with Gasteiger partial charge < -0.3 is 5.32 Å². The maximum atomic E-state index is 4.35. The van der Waals surface area contributed by atoms with Gasteiger partial charge in [-0.3, -0.25) is 9.98 Å². The Morgan fingerprint density at radius 2 is 2.27 bits per heavy atom. The lowest BCUT2D eigenvalue weighted by atomic mass is 10.4. The van der Waals surface area contributed by atoms with Crippen molar-refractivity contribution in [2.24, 2.45) is 4.99 Å². The molecule has 1 aliphatic heterocycles. The van der Waals surface area contributed by atoms with E-state index in [1.807, 2.05) is 12.1 Å². The van der Waals surface area contributed by atoms with Gasteiger partial charge in [-0.1, -0.05) is 18.7 Å². The number of aromatic nitrogens is 1. The molecule has 2 rings (SSSR count). The molecule has 0 bridgehead atoms. The molecule has 0 amide bonds. The fourth-order valence-corrected chi connectivity index (χ4v) is 1.96. The second-order valence-corrected chi connectivity index (χ2v) is 4.37. The molecule has 0 spiro atoms. The number of pyridine rings is 1. The number of hydrogen-bond donors (Lipinski definition) is 1. The molecule has 1 aromatic heterocycles. The number of thioether (sulfide) groups is 1. The summed E-state index contributed by atoms with van der Waals surface area (Å²) in [4.78, 5) is 8.37. The molecule has 0 saturated heterocycles. The van der Waals surface area contributed by atoms with Crippen LogP contribution < -0.4 is 5.32 Å². The van der Waals surface area contributed by atoms with Crippen LogP contribution >= 0.6 is 36.6 Å². The Morgan fingerprint density at radius 1 is 1.47 bits per heavy atom. The van der Waals surface area contributed by atoms with Gasteiger partial charge in [-0.05, 0) is 12.1 Å². The summed E-state index contributed by atoms with van der Waals surface area (Å²) in [7, 11) is 0. The zero-order chi connectivity index (χ0) is 9.10. The SMILES string of the molecule is CC1CN=C(Nc2cccnc2)S1.Cl.Cl. The maximum Gasteiger partial charge on any atom is 0.161 e. The number of anilines is 1. The van der Waals surface area contributed by atoms with Crippen LogP contribution in [0.2, 0.25) is 0 Å². The lowest BCUT2D eigenvalue weighted by molar-refractivity contribution is 0.976. The molecular formula is C9H13Cl2N3S. The average Bonchev–Trinajstić information content (AvgIpc) is 2.53. The molecule has 1 N–H and O–H groups in total. The predicted octanol–water partition coefficient (Wildman–Crippen LogP) is 2.83. The Hall–Kier alpha value is -0.450. The van der Waals surface area contributed by atoms with Crippen molar-refractivity contribution >= 4 is 47.4 Å². The molecule has 0 fully saturated rings. The van der Waals surface area contributed by atoms with Crippen molar-refractivity contribution in [2.45, 2.75) is 12.2 Å². The van der Waals surface area contributed by atoms with Gasteiger partial charge in [0.2, 0.25) is 0 Å². The van der Waals surface area contributed by atoms with E-state index < -0.39 is 0 Å². The Labute approximate surface area is 106 Å². The summed E-state index contributed by atoms with van der Waals surface area (Å²) >= 11 is 1.77. The normalized spacial score (nSPS) is 18.5. The van der Waals surface area contributed by atoms with Crippen LogP contribution in [0, 0.1) is 0 Å². The number of amidine groups is 1. The van der Waals surface area contributed by atoms with E-state index in [1.165, 1.54) is 0 Å². The zero-order valence-corrected chi connectivity index (χ0v) is 10.7. The highest BCUT2D eigenvalue weighted by Gasteiger charge is 2.14. The fourth-order valence-electron chi connectivity index (χ4n) is 1.11. The van der Waals surface area contributed by atoms with Crippen molar-refractivity contribution in [3.8, 4) is 0 Å². The highest BCUT2D eigenvalue weighted by Crippen LogP contribution is 2.21. The molecule has 1 aromatic rings. The maximum absolute atomic E-state index is 4.35. The highest BCUT2D eigenvalue weighted by molar-refractivity contribution is 8.15. The standard InChI is InChI=1S/C9H11N3S.2ClH/c1-7-5-11-9(13-7)12-8-3-2-4-10-6-8;;/h2-4,6-7H,5H2,1H3,(H,11,12);2*1H. The third-order valence-corrected chi connectivity index (χ3v) is 2.72. The van der Waals surface area contributed by atoms with Crippen molar-refractivity contribution in [1.29, 1.82) is 0 Å². The van der Waals surface area contributed by atoms with Crippen molar-refractivity contribution in [2.75, 3.05) is 11.9 Å². The molecule has 0 saturated carbocycles. The first-order valence-corrected chi connectivity index (χ1v) is 5.11. The van der Waals surface area contributed by atoms with Crippen LogP contribution in [0.4, 0.5) is 5.69 Å². The summed E-state index contributed by atoms with van der Waals surface area (Å²) in [5, 5.41) is 4.82. The van der Waals surface area contributed by atoms with E-state index in [1.54, 1.807) is 24.2 Å². The topological polar surface area (TPSA) is 37.3 Å². The Morgan fingerprint density at radius 3 is 2.80 bits per heavy atom. The van der Waals surface area contributed by atoms with E-state index in [2.05, 4.69) is 22.2 Å². The van der Waals surface area contributed by atoms with E-state index in [4.69, 9.17) is 0 Å². The molecule has 15 heavy (non-hydrogen) atoms. The summed E-state index contributed by atoms with van der Waals surface area (Å²) in [6.45, 7) is 3.08. The van der Waals surface area contributed by atoms with E-state index in [-0.39, 0.29) is 24.8 Å². The second-order valence-electron chi connectivity index (χ2n) is 2.94. The van der Waals surface area contributed by atoms with Gasteiger partial charge in [-0.2, -0.15) is 0 Å². The van der Waals surface area contributed by atoms with Crippen LogP contribution in [0.15, 0.2) is 29.5 Å². The summed E-state index contributed by atoms with van der Waals surface area (Å²) < 4.78 is 0. The van der Waals surface area contributed by atoms with Gasteiger partial charge >= 0.3 is 0 Å². The fraction of sp³-hybridized carbons (Fsp3) is 0.333. The molecular weight excluding hydrogens is 253 g/mol. The monoisotopic (exact) mass is 265 g/mol. The van der Waals surface area contributed by atoms with E-state index in [0.29, 0.717) is 5.25 Å². The van der Waals surface area contributed by atoms with Gasteiger partial charge in [0.25, 0.3) is 0 Å². The van der Waals surface area contributed by atoms with Gasteiger partial charge in [0, 0.05) is 11.4 Å². The summed E-state index contributed by atoms with van der Waals surface area (Å²) in [5.41, 5.74) is 1.00. The predicted molar refractivity (Wildman–Crippen MR) is 71.7 cm³/mol. The molecule has 2 heterocycles. The largest absolute Gasteiger partial charge is 0.334 e. The summed E-state index contributed by atoms with van der Waals surface area (Å²) in [6, 6.07) is 3.89. The molecule has 6 heteroatoms. The molecule has 1 aliphatic rings. The van der Waals surface area contributed by atoms with Gasteiger partial charge in [-0.25, -0.2) is 0 Å². The number of halogens is 2. The molecule has 0 aliphatic carbocycles. The number of nitrogens with one attached hydrogen (secondary N) is 1. The van der Waals surface area contributed by atoms with E-state index in [9.17, 15) is 0 Å². The molecule has 0 aromatic carbocycles. The zero-order valence-electron chi connectivity index (χ0n) is 8.21. The first-order valence-electron chi connectivity index (χ1n) is 4.23. The van der Waals surface area contributed by atoms with Gasteiger partial charge in [0.1, 0.15) is 0 Å². The van der Waals surface area contributed by atoms with Gasteiger partial charge in [0.15, 0.2) is 5.17 Å². The first kappa shape index (κ1) is 14.6. The van der Waals surface area contributed by atoms with Crippen LogP contribution in [0.5, 0.6) is 0 Å². The van der Waals surface area contributed by atoms with Crippen LogP contribution in [0.3, 0.4) is 0 Å². The Balaban J connectivity index is 0.000000980. The lowest BCUT2D eigenvalue weighted by Crippen LogP contribution is -2.05. The number of aliphatic imine (C=N–C) groups is 1. The minimum atomic E-state index is 0. The molecule has 84 valence electrons. The quantitative estimate of drug-likeness (QED) is 0.849.